The van der Waals surface area contributed by atoms with Crippen LogP contribution in [0.1, 0.15) is 58.8 Å². The molecule has 3 amide bonds. The first-order chi connectivity index (χ1) is 16.6. The number of nitrogens with zero attached hydrogens (tertiary/aromatic N) is 1. The fraction of sp³-hybridized carbons (Fsp3) is 0.346. The van der Waals surface area contributed by atoms with Crippen LogP contribution in [-0.2, 0) is 16.0 Å². The molecule has 2 aromatic heterocycles. The first-order valence-corrected chi connectivity index (χ1v) is 13.4. The molecule has 34 heavy (non-hydrogen) atoms. The fourth-order valence-electron chi connectivity index (χ4n) is 4.24. The summed E-state index contributed by atoms with van der Waals surface area (Å²) in [4.78, 5) is 42.5. The third-order valence-corrected chi connectivity index (χ3v) is 7.85. The second-order valence-corrected chi connectivity index (χ2v) is 10.3. The molecule has 6 nitrogen and oxygen atoms in total. The van der Waals surface area contributed by atoms with E-state index in [1.807, 2.05) is 47.2 Å². The maximum absolute atomic E-state index is 13.6. The van der Waals surface area contributed by atoms with Crippen LogP contribution in [0.2, 0.25) is 0 Å². The van der Waals surface area contributed by atoms with Crippen LogP contribution in [0.5, 0.6) is 0 Å². The minimum Gasteiger partial charge on any atom is -0.351 e. The maximum atomic E-state index is 13.6. The number of anilines is 1. The number of carbonyl (C=O) groups excluding carboxylic acids is 3. The molecule has 8 heteroatoms. The minimum absolute atomic E-state index is 0.132. The number of carbonyl (C=O) groups is 3. The molecule has 1 saturated carbocycles. The van der Waals surface area contributed by atoms with Crippen molar-refractivity contribution in [3.05, 3.63) is 74.6 Å². The molecule has 0 radical (unpaired) electrons. The molecule has 0 aliphatic heterocycles. The van der Waals surface area contributed by atoms with Gasteiger partial charge in [-0.15, -0.1) is 22.7 Å². The number of rotatable bonds is 9. The van der Waals surface area contributed by atoms with Crippen LogP contribution in [-0.4, -0.2) is 30.3 Å². The summed E-state index contributed by atoms with van der Waals surface area (Å²) < 4.78 is 0. The second kappa shape index (κ2) is 11.4. The van der Waals surface area contributed by atoms with Gasteiger partial charge in [-0.2, -0.15) is 0 Å². The monoisotopic (exact) mass is 495 g/mol. The smallest absolute Gasteiger partial charge is 0.261 e. The molecule has 1 aromatic carbocycles. The minimum atomic E-state index is -0.806. The number of hydrogen-bond acceptors (Lipinski definition) is 5. The summed E-state index contributed by atoms with van der Waals surface area (Å²) in [5.74, 6) is -0.825. The number of thiophene rings is 2. The Labute approximate surface area is 208 Å². The molecular weight excluding hydrogens is 466 g/mol. The lowest BCUT2D eigenvalue weighted by Gasteiger charge is -2.31. The molecule has 1 atom stereocenters. The first kappa shape index (κ1) is 24.2. The van der Waals surface area contributed by atoms with E-state index < -0.39 is 6.04 Å². The fourth-order valence-corrected chi connectivity index (χ4v) is 5.69. The van der Waals surface area contributed by atoms with E-state index in [9.17, 15) is 14.4 Å². The van der Waals surface area contributed by atoms with Crippen molar-refractivity contribution in [2.45, 2.75) is 51.1 Å². The van der Waals surface area contributed by atoms with Crippen molar-refractivity contribution in [2.24, 2.45) is 0 Å². The van der Waals surface area contributed by atoms with Gasteiger partial charge in [-0.05, 0) is 59.9 Å². The van der Waals surface area contributed by atoms with E-state index in [4.69, 9.17) is 0 Å². The highest BCUT2D eigenvalue weighted by Gasteiger charge is 2.35. The number of amides is 3. The molecule has 1 aliphatic carbocycles. The molecule has 0 saturated heterocycles. The van der Waals surface area contributed by atoms with E-state index in [0.29, 0.717) is 10.6 Å². The van der Waals surface area contributed by atoms with E-state index in [1.165, 1.54) is 27.6 Å². The average Bonchev–Trinajstić information content (AvgIpc) is 3.64. The van der Waals surface area contributed by atoms with Gasteiger partial charge in [0.15, 0.2) is 0 Å². The summed E-state index contributed by atoms with van der Waals surface area (Å²) in [6, 6.07) is 14.3. The van der Waals surface area contributed by atoms with Crippen LogP contribution in [0.4, 0.5) is 5.69 Å². The van der Waals surface area contributed by atoms with Crippen LogP contribution in [0.3, 0.4) is 0 Å². The standard InChI is InChI=1S/C26H29N3O3S2/c1-2-18-11-13-20(14-12-18)29(23(30)17-27-25(31)22-10-6-16-34-22)24(21-9-5-15-33-21)26(32)28-19-7-3-4-8-19/h5-6,9-16,19,24H,2-4,7-8,17H2,1H3,(H,27,31)(H,28,32)/t24-/m0/s1. The summed E-state index contributed by atoms with van der Waals surface area (Å²) in [6.07, 6.45) is 4.99. The molecule has 0 spiro atoms. The zero-order valence-corrected chi connectivity index (χ0v) is 20.8. The average molecular weight is 496 g/mol. The van der Waals surface area contributed by atoms with E-state index in [2.05, 4.69) is 17.6 Å². The predicted octanol–water partition coefficient (Wildman–Crippen LogP) is 4.94. The third-order valence-electron chi connectivity index (χ3n) is 6.06. The third kappa shape index (κ3) is 5.74. The van der Waals surface area contributed by atoms with E-state index >= 15 is 0 Å². The molecule has 178 valence electrons. The van der Waals surface area contributed by atoms with Crippen LogP contribution in [0.25, 0.3) is 0 Å². The molecule has 2 heterocycles. The Bertz CT molecular complexity index is 1090. The van der Waals surface area contributed by atoms with Crippen molar-refractivity contribution in [1.29, 1.82) is 0 Å². The highest BCUT2D eigenvalue weighted by atomic mass is 32.1. The Balaban J connectivity index is 1.63. The molecule has 2 N–H and O–H groups in total. The van der Waals surface area contributed by atoms with E-state index in [-0.39, 0.29) is 30.3 Å². The van der Waals surface area contributed by atoms with E-state index in [1.54, 1.807) is 12.1 Å². The van der Waals surface area contributed by atoms with Crippen molar-refractivity contribution in [2.75, 3.05) is 11.4 Å². The predicted molar refractivity (Wildman–Crippen MR) is 137 cm³/mol. The number of nitrogens with one attached hydrogen (secondary N) is 2. The Morgan fingerprint density at radius 1 is 1.00 bits per heavy atom. The van der Waals surface area contributed by atoms with Gasteiger partial charge in [0.05, 0.1) is 11.4 Å². The first-order valence-electron chi connectivity index (χ1n) is 11.6. The zero-order chi connectivity index (χ0) is 23.9. The van der Waals surface area contributed by atoms with Gasteiger partial charge in [0.1, 0.15) is 6.04 Å². The SMILES string of the molecule is CCc1ccc(N(C(=O)CNC(=O)c2cccs2)[C@H](C(=O)NC2CCCC2)c2cccs2)cc1. The summed E-state index contributed by atoms with van der Waals surface area (Å²) in [5.41, 5.74) is 1.78. The van der Waals surface area contributed by atoms with Gasteiger partial charge in [0.2, 0.25) is 11.8 Å². The number of hydrogen-bond donors (Lipinski definition) is 2. The number of benzene rings is 1. The Morgan fingerprint density at radius 3 is 2.32 bits per heavy atom. The molecule has 1 aliphatic rings. The summed E-state index contributed by atoms with van der Waals surface area (Å²) >= 11 is 2.77. The zero-order valence-electron chi connectivity index (χ0n) is 19.2. The molecular formula is C26H29N3O3S2. The quantitative estimate of drug-likeness (QED) is 0.442. The molecule has 0 bridgehead atoms. The van der Waals surface area contributed by atoms with Crippen LogP contribution >= 0.6 is 22.7 Å². The van der Waals surface area contributed by atoms with Gasteiger partial charge in [0.25, 0.3) is 5.91 Å². The van der Waals surface area contributed by atoms with Crippen molar-refractivity contribution < 1.29 is 14.4 Å². The Hall–Kier alpha value is -2.97. The maximum Gasteiger partial charge on any atom is 0.261 e. The van der Waals surface area contributed by atoms with Gasteiger partial charge in [0, 0.05) is 16.6 Å². The number of aryl methyl sites for hydroxylation is 1. The lowest BCUT2D eigenvalue weighted by Crippen LogP contribution is -2.48. The van der Waals surface area contributed by atoms with Crippen LogP contribution < -0.4 is 15.5 Å². The second-order valence-electron chi connectivity index (χ2n) is 8.35. The molecule has 3 aromatic rings. The van der Waals surface area contributed by atoms with Crippen molar-refractivity contribution in [3.8, 4) is 0 Å². The molecule has 0 unspecified atom stereocenters. The van der Waals surface area contributed by atoms with Gasteiger partial charge in [-0.3, -0.25) is 19.3 Å². The summed E-state index contributed by atoms with van der Waals surface area (Å²) in [6.45, 7) is 1.87. The molecule has 1 fully saturated rings. The van der Waals surface area contributed by atoms with E-state index in [0.717, 1.165) is 42.5 Å². The highest BCUT2D eigenvalue weighted by Crippen LogP contribution is 2.32. The molecule has 4 rings (SSSR count). The summed E-state index contributed by atoms with van der Waals surface area (Å²) in [7, 11) is 0. The largest absolute Gasteiger partial charge is 0.351 e. The van der Waals surface area contributed by atoms with Crippen molar-refractivity contribution >= 4 is 46.1 Å². The Morgan fingerprint density at radius 2 is 1.71 bits per heavy atom. The topological polar surface area (TPSA) is 78.5 Å². The lowest BCUT2D eigenvalue weighted by molar-refractivity contribution is -0.126. The lowest BCUT2D eigenvalue weighted by atomic mass is 10.1. The normalized spacial score (nSPS) is 14.5. The highest BCUT2D eigenvalue weighted by molar-refractivity contribution is 7.12. The van der Waals surface area contributed by atoms with Crippen LogP contribution in [0, 0.1) is 0 Å². The van der Waals surface area contributed by atoms with Gasteiger partial charge < -0.3 is 10.6 Å². The van der Waals surface area contributed by atoms with Gasteiger partial charge >= 0.3 is 0 Å². The Kier molecular flexibility index (Phi) is 8.13. The van der Waals surface area contributed by atoms with Gasteiger partial charge in [-0.1, -0.05) is 44.0 Å². The van der Waals surface area contributed by atoms with Crippen molar-refractivity contribution in [3.63, 3.8) is 0 Å². The van der Waals surface area contributed by atoms with Crippen molar-refractivity contribution in [1.82, 2.24) is 10.6 Å². The summed E-state index contributed by atoms with van der Waals surface area (Å²) in [5, 5.41) is 9.62. The van der Waals surface area contributed by atoms with Gasteiger partial charge in [-0.25, -0.2) is 0 Å². The van der Waals surface area contributed by atoms with Crippen LogP contribution in [0.15, 0.2) is 59.3 Å².